The van der Waals surface area contributed by atoms with Crippen LogP contribution < -0.4 is 15.1 Å². The number of nitrogens with zero attached hydrogens (tertiary/aromatic N) is 1. The summed E-state index contributed by atoms with van der Waals surface area (Å²) in [5, 5.41) is 12.8. The Morgan fingerprint density at radius 2 is 1.76 bits per heavy atom. The zero-order chi connectivity index (χ0) is 20.6. The Balaban J connectivity index is 1.51. The average molecular weight is 398 g/mol. The molecule has 1 aliphatic heterocycles. The second-order valence-corrected chi connectivity index (χ2v) is 7.24. The van der Waals surface area contributed by atoms with Crippen molar-refractivity contribution in [3.05, 3.63) is 60.2 Å². The van der Waals surface area contributed by atoms with Crippen molar-refractivity contribution in [3.8, 4) is 5.75 Å². The predicted molar refractivity (Wildman–Crippen MR) is 110 cm³/mol. The van der Waals surface area contributed by atoms with E-state index in [4.69, 9.17) is 4.74 Å². The van der Waals surface area contributed by atoms with E-state index in [1.165, 1.54) is 7.11 Å². The third kappa shape index (κ3) is 5.71. The number of aromatic hydroxyl groups is 1. The molecule has 1 heterocycles. The van der Waals surface area contributed by atoms with Crippen molar-refractivity contribution >= 4 is 17.6 Å². The van der Waals surface area contributed by atoms with Crippen LogP contribution in [-0.2, 0) is 20.7 Å². The Bertz CT molecular complexity index is 820. The lowest BCUT2D eigenvalue weighted by atomic mass is 10.1. The number of hydrogen-bond donors (Lipinski definition) is 3. The summed E-state index contributed by atoms with van der Waals surface area (Å²) in [5.74, 6) is -0.334. The van der Waals surface area contributed by atoms with Gasteiger partial charge in [0, 0.05) is 6.42 Å². The molecule has 2 aromatic carbocycles. The smallest absolute Gasteiger partial charge is 0.328 e. The number of nitrogens with one attached hydrogen (secondary N) is 2. The van der Waals surface area contributed by atoms with Crippen LogP contribution in [0.15, 0.2) is 54.6 Å². The molecule has 0 spiro atoms. The molecule has 1 saturated heterocycles. The van der Waals surface area contributed by atoms with Crippen LogP contribution >= 0.6 is 0 Å². The number of benzene rings is 2. The zero-order valence-electron chi connectivity index (χ0n) is 16.6. The van der Waals surface area contributed by atoms with Gasteiger partial charge in [-0.3, -0.25) is 4.79 Å². The number of carbonyl (C=O) groups is 2. The summed E-state index contributed by atoms with van der Waals surface area (Å²) < 4.78 is 4.86. The summed E-state index contributed by atoms with van der Waals surface area (Å²) in [7, 11) is 1.33. The van der Waals surface area contributed by atoms with E-state index < -0.39 is 12.0 Å². The maximum Gasteiger partial charge on any atom is 0.328 e. The third-order valence-electron chi connectivity index (χ3n) is 5.21. The summed E-state index contributed by atoms with van der Waals surface area (Å²) in [6, 6.07) is 16.2. The topological polar surface area (TPSA) is 83.3 Å². The van der Waals surface area contributed by atoms with Gasteiger partial charge in [-0.1, -0.05) is 42.5 Å². The quantitative estimate of drug-likeness (QED) is 0.572. The lowest BCUT2D eigenvalue weighted by Crippen LogP contribution is -3.16. The summed E-state index contributed by atoms with van der Waals surface area (Å²) in [6.45, 7) is 3.37. The van der Waals surface area contributed by atoms with E-state index in [1.54, 1.807) is 12.1 Å². The van der Waals surface area contributed by atoms with E-state index in [0.29, 0.717) is 13.0 Å². The first-order chi connectivity index (χ1) is 14.1. The van der Waals surface area contributed by atoms with Gasteiger partial charge in [-0.25, -0.2) is 4.79 Å². The number of anilines is 1. The number of esters is 1. The number of ether oxygens (including phenoxy) is 1. The molecular formula is C22H28N3O4+. The van der Waals surface area contributed by atoms with Gasteiger partial charge in [0.25, 0.3) is 5.91 Å². The van der Waals surface area contributed by atoms with Crippen LogP contribution in [-0.4, -0.2) is 62.9 Å². The largest absolute Gasteiger partial charge is 0.506 e. The SMILES string of the molecule is COC(=O)[C@H](Cc1ccccc1)NC(=O)C[NH+]1CCN(c2ccccc2O)CC1. The number of methoxy groups -OCH3 is 1. The number of rotatable bonds is 7. The molecule has 3 rings (SSSR count). The summed E-state index contributed by atoms with van der Waals surface area (Å²) in [4.78, 5) is 27.9. The van der Waals surface area contributed by atoms with E-state index in [-0.39, 0.29) is 11.7 Å². The van der Waals surface area contributed by atoms with Gasteiger partial charge in [0.1, 0.15) is 11.8 Å². The second-order valence-electron chi connectivity index (χ2n) is 7.24. The molecule has 7 nitrogen and oxygen atoms in total. The monoisotopic (exact) mass is 398 g/mol. The van der Waals surface area contributed by atoms with E-state index in [0.717, 1.165) is 42.3 Å². The van der Waals surface area contributed by atoms with Gasteiger partial charge in [-0.05, 0) is 17.7 Å². The van der Waals surface area contributed by atoms with Gasteiger partial charge in [-0.15, -0.1) is 0 Å². The first-order valence-corrected chi connectivity index (χ1v) is 9.84. The van der Waals surface area contributed by atoms with E-state index in [9.17, 15) is 14.7 Å². The van der Waals surface area contributed by atoms with E-state index in [2.05, 4.69) is 10.2 Å². The van der Waals surface area contributed by atoms with Crippen molar-refractivity contribution in [2.75, 3.05) is 44.7 Å². The number of carbonyl (C=O) groups excluding carboxylic acids is 2. The predicted octanol–water partition coefficient (Wildman–Crippen LogP) is -0.00240. The average Bonchev–Trinajstić information content (AvgIpc) is 2.74. The number of para-hydroxylation sites is 2. The van der Waals surface area contributed by atoms with Crippen LogP contribution in [0.25, 0.3) is 0 Å². The molecule has 1 fully saturated rings. The zero-order valence-corrected chi connectivity index (χ0v) is 16.6. The minimum Gasteiger partial charge on any atom is -0.506 e. The highest BCUT2D eigenvalue weighted by Crippen LogP contribution is 2.25. The standard InChI is InChI=1S/C22H27N3O4/c1-29-22(28)18(15-17-7-3-2-4-8-17)23-21(27)16-24-11-13-25(14-12-24)19-9-5-6-10-20(19)26/h2-10,18,26H,11-16H2,1H3,(H,23,27)/p+1/t18-/m0/s1. The van der Waals surface area contributed by atoms with Crippen LogP contribution in [0.4, 0.5) is 5.69 Å². The molecule has 3 N–H and O–H groups in total. The third-order valence-corrected chi connectivity index (χ3v) is 5.21. The fourth-order valence-corrected chi connectivity index (χ4v) is 3.63. The van der Waals surface area contributed by atoms with Gasteiger partial charge in [-0.2, -0.15) is 0 Å². The Kier molecular flexibility index (Phi) is 7.08. The molecule has 0 radical (unpaired) electrons. The summed E-state index contributed by atoms with van der Waals surface area (Å²) >= 11 is 0. The number of phenols is 1. The Labute approximate surface area is 170 Å². The molecule has 154 valence electrons. The highest BCUT2D eigenvalue weighted by Gasteiger charge is 2.27. The molecule has 0 aromatic heterocycles. The minimum absolute atomic E-state index is 0.165. The molecule has 1 aliphatic rings. The highest BCUT2D eigenvalue weighted by molar-refractivity contribution is 5.85. The normalized spacial score (nSPS) is 15.6. The number of phenolic OH excluding ortho intramolecular Hbond substituents is 1. The molecular weight excluding hydrogens is 370 g/mol. The maximum atomic E-state index is 12.5. The molecule has 29 heavy (non-hydrogen) atoms. The van der Waals surface area contributed by atoms with Crippen molar-refractivity contribution in [1.82, 2.24) is 5.32 Å². The molecule has 7 heteroatoms. The van der Waals surface area contributed by atoms with E-state index in [1.807, 2.05) is 42.5 Å². The lowest BCUT2D eigenvalue weighted by molar-refractivity contribution is -0.892. The molecule has 1 atom stereocenters. The Morgan fingerprint density at radius 1 is 1.10 bits per heavy atom. The first-order valence-electron chi connectivity index (χ1n) is 9.84. The molecule has 0 saturated carbocycles. The maximum absolute atomic E-state index is 12.5. The fraction of sp³-hybridized carbons (Fsp3) is 0.364. The van der Waals surface area contributed by atoms with Gasteiger partial charge < -0.3 is 25.0 Å². The molecule has 0 aliphatic carbocycles. The highest BCUT2D eigenvalue weighted by atomic mass is 16.5. The second kappa shape index (κ2) is 9.93. The van der Waals surface area contributed by atoms with Gasteiger partial charge in [0.15, 0.2) is 6.54 Å². The van der Waals surface area contributed by atoms with Crippen LogP contribution in [0.5, 0.6) is 5.75 Å². The molecule has 0 unspecified atom stereocenters. The van der Waals surface area contributed by atoms with Crippen LogP contribution in [0.3, 0.4) is 0 Å². The fourth-order valence-electron chi connectivity index (χ4n) is 3.63. The van der Waals surface area contributed by atoms with Crippen molar-refractivity contribution in [2.45, 2.75) is 12.5 Å². The van der Waals surface area contributed by atoms with E-state index >= 15 is 0 Å². The first kappa shape index (κ1) is 20.7. The number of hydrogen-bond acceptors (Lipinski definition) is 5. The Hall–Kier alpha value is -3.06. The number of amides is 1. The van der Waals surface area contributed by atoms with Crippen molar-refractivity contribution in [1.29, 1.82) is 0 Å². The number of piperazine rings is 1. The van der Waals surface area contributed by atoms with Crippen LogP contribution in [0.1, 0.15) is 5.56 Å². The van der Waals surface area contributed by atoms with Gasteiger partial charge >= 0.3 is 5.97 Å². The lowest BCUT2D eigenvalue weighted by Gasteiger charge is -2.33. The van der Waals surface area contributed by atoms with Gasteiger partial charge in [0.05, 0.1) is 39.0 Å². The summed E-state index contributed by atoms with van der Waals surface area (Å²) in [6.07, 6.45) is 0.398. The minimum atomic E-state index is -0.697. The van der Waals surface area contributed by atoms with Crippen molar-refractivity contribution < 1.29 is 24.3 Å². The Morgan fingerprint density at radius 3 is 2.41 bits per heavy atom. The van der Waals surface area contributed by atoms with Crippen LogP contribution in [0.2, 0.25) is 0 Å². The molecule has 0 bridgehead atoms. The van der Waals surface area contributed by atoms with Crippen LogP contribution in [0, 0.1) is 0 Å². The molecule has 2 aromatic rings. The van der Waals surface area contributed by atoms with Crippen molar-refractivity contribution in [2.24, 2.45) is 0 Å². The number of quaternary nitrogens is 1. The van der Waals surface area contributed by atoms with Gasteiger partial charge in [0.2, 0.25) is 0 Å². The molecule has 1 amide bonds. The van der Waals surface area contributed by atoms with Crippen molar-refractivity contribution in [3.63, 3.8) is 0 Å². The summed E-state index contributed by atoms with van der Waals surface area (Å²) in [5.41, 5.74) is 1.79.